The molecule has 1 unspecified atom stereocenters. The topological polar surface area (TPSA) is 90.2 Å². The SMILES string of the molecule is C=C1/C(=C\C=C2/CCC[C@]3(C)[C@@H]([C@H](C)CCCC(C)(C)O)CC[C@@H]23)C[C@@H](O)[C@@H](OCCCO)C1O. The first-order chi connectivity index (χ1) is 16.5. The second-order valence-corrected chi connectivity index (χ2v) is 12.4. The normalized spacial score (nSPS) is 37.1. The van der Waals surface area contributed by atoms with Gasteiger partial charge in [-0.05, 0) is 93.1 Å². The number of ether oxygens (including phenoxy) is 1. The quantitative estimate of drug-likeness (QED) is 0.321. The van der Waals surface area contributed by atoms with Gasteiger partial charge in [-0.2, -0.15) is 0 Å². The van der Waals surface area contributed by atoms with Crippen molar-refractivity contribution < 1.29 is 25.2 Å². The summed E-state index contributed by atoms with van der Waals surface area (Å²) >= 11 is 0. The minimum Gasteiger partial charge on any atom is -0.396 e. The van der Waals surface area contributed by atoms with Gasteiger partial charge < -0.3 is 25.2 Å². The molecular formula is C30H50O5. The molecule has 3 rings (SSSR count). The molecule has 0 aliphatic heterocycles. The third-order valence-corrected chi connectivity index (χ3v) is 9.17. The van der Waals surface area contributed by atoms with Crippen molar-refractivity contribution in [3.8, 4) is 0 Å². The lowest BCUT2D eigenvalue weighted by molar-refractivity contribution is -0.0968. The number of aliphatic hydroxyl groups excluding tert-OH is 3. The molecule has 0 amide bonds. The van der Waals surface area contributed by atoms with Crippen LogP contribution < -0.4 is 0 Å². The highest BCUT2D eigenvalue weighted by Gasteiger charge is 2.50. The maximum atomic E-state index is 10.7. The molecule has 4 N–H and O–H groups in total. The molecule has 7 atom stereocenters. The molecule has 0 bridgehead atoms. The lowest BCUT2D eigenvalue weighted by atomic mass is 9.60. The minimum absolute atomic E-state index is 0.0269. The highest BCUT2D eigenvalue weighted by atomic mass is 16.5. The average molecular weight is 491 g/mol. The monoisotopic (exact) mass is 490 g/mol. The van der Waals surface area contributed by atoms with Crippen molar-refractivity contribution in [2.24, 2.45) is 23.2 Å². The highest BCUT2D eigenvalue weighted by molar-refractivity contribution is 5.40. The summed E-state index contributed by atoms with van der Waals surface area (Å²) in [5.74, 6) is 1.98. The number of hydrogen-bond donors (Lipinski definition) is 4. The van der Waals surface area contributed by atoms with Gasteiger partial charge in [0.15, 0.2) is 0 Å². The Morgan fingerprint density at radius 3 is 2.63 bits per heavy atom. The van der Waals surface area contributed by atoms with E-state index in [-0.39, 0.29) is 6.61 Å². The van der Waals surface area contributed by atoms with E-state index in [1.165, 1.54) is 37.7 Å². The Bertz CT molecular complexity index is 778. The molecule has 0 spiro atoms. The fraction of sp³-hybridized carbons (Fsp3) is 0.800. The van der Waals surface area contributed by atoms with Crippen molar-refractivity contribution in [1.82, 2.24) is 0 Å². The van der Waals surface area contributed by atoms with E-state index >= 15 is 0 Å². The van der Waals surface area contributed by atoms with Gasteiger partial charge in [0.2, 0.25) is 0 Å². The smallest absolute Gasteiger partial charge is 0.114 e. The molecule has 5 nitrogen and oxygen atoms in total. The standard InChI is InChI=1S/C30H50O5/c1-20(9-6-15-29(3,4)34)24-13-14-25-22(10-7-16-30(24,25)5)11-12-23-19-26(32)28(27(33)21(23)2)35-18-8-17-31/h11-12,20,24-28,31-34H,2,6-10,13-19H2,1,3-5H3/b22-11+,23-12-/t20-,24-,25+,26-,27?,28-,30-/m1/s1. The molecule has 3 aliphatic rings. The van der Waals surface area contributed by atoms with E-state index in [2.05, 4.69) is 32.6 Å². The second-order valence-electron chi connectivity index (χ2n) is 12.4. The molecule has 0 aromatic carbocycles. The van der Waals surface area contributed by atoms with E-state index in [4.69, 9.17) is 9.84 Å². The van der Waals surface area contributed by atoms with Crippen molar-refractivity contribution in [2.45, 2.75) is 116 Å². The Morgan fingerprint density at radius 2 is 1.94 bits per heavy atom. The third-order valence-electron chi connectivity index (χ3n) is 9.17. The third kappa shape index (κ3) is 6.87. The summed E-state index contributed by atoms with van der Waals surface area (Å²) < 4.78 is 5.63. The Hall–Kier alpha value is -0.980. The first-order valence-electron chi connectivity index (χ1n) is 13.9. The summed E-state index contributed by atoms with van der Waals surface area (Å²) in [5, 5.41) is 40.4. The summed E-state index contributed by atoms with van der Waals surface area (Å²) in [5.41, 5.74) is 2.79. The van der Waals surface area contributed by atoms with Gasteiger partial charge in [0.1, 0.15) is 12.2 Å². The van der Waals surface area contributed by atoms with Gasteiger partial charge in [-0.15, -0.1) is 0 Å². The van der Waals surface area contributed by atoms with Crippen LogP contribution in [0.5, 0.6) is 0 Å². The predicted octanol–water partition coefficient (Wildman–Crippen LogP) is 5.08. The zero-order valence-electron chi connectivity index (χ0n) is 22.5. The van der Waals surface area contributed by atoms with Crippen LogP contribution in [0.15, 0.2) is 35.5 Å². The molecule has 0 heterocycles. The van der Waals surface area contributed by atoms with E-state index in [9.17, 15) is 15.3 Å². The van der Waals surface area contributed by atoms with Gasteiger partial charge in [-0.1, -0.05) is 51.0 Å². The van der Waals surface area contributed by atoms with Gasteiger partial charge >= 0.3 is 0 Å². The van der Waals surface area contributed by atoms with Crippen LogP contribution in [0.3, 0.4) is 0 Å². The van der Waals surface area contributed by atoms with Crippen LogP contribution in [0.4, 0.5) is 0 Å². The van der Waals surface area contributed by atoms with Crippen LogP contribution in [0.25, 0.3) is 0 Å². The molecule has 0 aromatic rings. The van der Waals surface area contributed by atoms with Crippen LogP contribution in [0.2, 0.25) is 0 Å². The first-order valence-corrected chi connectivity index (χ1v) is 13.9. The summed E-state index contributed by atoms with van der Waals surface area (Å²) in [4.78, 5) is 0. The molecular weight excluding hydrogens is 440 g/mol. The minimum atomic E-state index is -0.931. The maximum Gasteiger partial charge on any atom is 0.114 e. The molecule has 5 heteroatoms. The van der Waals surface area contributed by atoms with Crippen molar-refractivity contribution in [3.63, 3.8) is 0 Å². The van der Waals surface area contributed by atoms with Crippen molar-refractivity contribution in [2.75, 3.05) is 13.2 Å². The zero-order valence-corrected chi connectivity index (χ0v) is 22.5. The Kier molecular flexibility index (Phi) is 9.84. The molecule has 0 saturated heterocycles. The average Bonchev–Trinajstić information content (AvgIpc) is 3.14. The number of aliphatic hydroxyl groups is 4. The van der Waals surface area contributed by atoms with Gasteiger partial charge in [0, 0.05) is 19.6 Å². The van der Waals surface area contributed by atoms with Crippen LogP contribution in [-0.4, -0.2) is 57.6 Å². The molecule has 0 aromatic heterocycles. The van der Waals surface area contributed by atoms with E-state index in [1.807, 2.05) is 13.8 Å². The molecule has 3 fully saturated rings. The number of fused-ring (bicyclic) bond motifs is 1. The first kappa shape index (κ1) is 28.6. The zero-order chi connectivity index (χ0) is 25.8. The summed E-state index contributed by atoms with van der Waals surface area (Å²) in [7, 11) is 0. The van der Waals surface area contributed by atoms with Gasteiger partial charge in [-0.25, -0.2) is 0 Å². The number of allylic oxidation sites excluding steroid dienone is 3. The summed E-state index contributed by atoms with van der Waals surface area (Å²) in [6.45, 7) is 13.2. The highest BCUT2D eigenvalue weighted by Crippen LogP contribution is 2.60. The van der Waals surface area contributed by atoms with Crippen molar-refractivity contribution in [1.29, 1.82) is 0 Å². The van der Waals surface area contributed by atoms with Crippen molar-refractivity contribution >= 4 is 0 Å². The lowest BCUT2D eigenvalue weighted by Gasteiger charge is -2.44. The Morgan fingerprint density at radius 1 is 1.20 bits per heavy atom. The fourth-order valence-electron chi connectivity index (χ4n) is 7.21. The van der Waals surface area contributed by atoms with E-state index in [0.29, 0.717) is 42.3 Å². The predicted molar refractivity (Wildman–Crippen MR) is 141 cm³/mol. The van der Waals surface area contributed by atoms with Gasteiger partial charge in [0.05, 0.1) is 11.7 Å². The molecule has 0 radical (unpaired) electrons. The van der Waals surface area contributed by atoms with Crippen LogP contribution in [0, 0.1) is 23.2 Å². The van der Waals surface area contributed by atoms with Crippen LogP contribution >= 0.6 is 0 Å². The fourth-order valence-corrected chi connectivity index (χ4v) is 7.21. The van der Waals surface area contributed by atoms with Gasteiger partial charge in [0.25, 0.3) is 0 Å². The van der Waals surface area contributed by atoms with E-state index in [1.54, 1.807) is 0 Å². The summed E-state index contributed by atoms with van der Waals surface area (Å²) in [6.07, 6.45) is 12.1. The summed E-state index contributed by atoms with van der Waals surface area (Å²) in [6, 6.07) is 0. The van der Waals surface area contributed by atoms with E-state index < -0.39 is 23.9 Å². The largest absolute Gasteiger partial charge is 0.396 e. The molecule has 35 heavy (non-hydrogen) atoms. The van der Waals surface area contributed by atoms with Gasteiger partial charge in [-0.3, -0.25) is 0 Å². The number of rotatable bonds is 10. The van der Waals surface area contributed by atoms with Crippen LogP contribution in [-0.2, 0) is 4.74 Å². The molecule has 200 valence electrons. The Balaban J connectivity index is 1.67. The molecule has 3 aliphatic carbocycles. The Labute approximate surface area is 213 Å². The van der Waals surface area contributed by atoms with Crippen LogP contribution in [0.1, 0.15) is 91.9 Å². The molecule has 3 saturated carbocycles. The lowest BCUT2D eigenvalue weighted by Crippen LogP contribution is -2.45. The maximum absolute atomic E-state index is 10.7. The van der Waals surface area contributed by atoms with Crippen molar-refractivity contribution in [3.05, 3.63) is 35.5 Å². The van der Waals surface area contributed by atoms with E-state index in [0.717, 1.165) is 30.8 Å². The second kappa shape index (κ2) is 12.0. The number of hydrogen-bond acceptors (Lipinski definition) is 5.